The van der Waals surface area contributed by atoms with Crippen molar-refractivity contribution in [3.05, 3.63) is 0 Å². The van der Waals surface area contributed by atoms with Crippen LogP contribution in [0.4, 0.5) is 0 Å². The molecule has 0 bridgehead atoms. The van der Waals surface area contributed by atoms with Crippen molar-refractivity contribution >= 4 is 18.3 Å². The summed E-state index contributed by atoms with van der Waals surface area (Å²) in [5.74, 6) is 0. The van der Waals surface area contributed by atoms with E-state index in [2.05, 4.69) is 0 Å². The molecule has 0 amide bonds. The van der Waals surface area contributed by atoms with Crippen LogP contribution in [0, 0.1) is 0 Å². The number of rotatable bonds is 0. The van der Waals surface area contributed by atoms with Crippen molar-refractivity contribution in [2.45, 2.75) is 0 Å². The molecule has 0 spiro atoms. The first-order valence-electron chi connectivity index (χ1n) is 0.775. The van der Waals surface area contributed by atoms with Gasteiger partial charge >= 0.3 is 26.2 Å². The van der Waals surface area contributed by atoms with Crippen molar-refractivity contribution in [3.63, 3.8) is 0 Å². The molecule has 0 saturated heterocycles. The smallest absolute Gasteiger partial charge is 1.00 e. The van der Waals surface area contributed by atoms with E-state index in [1.54, 1.807) is 0 Å². The van der Waals surface area contributed by atoms with Gasteiger partial charge in [-0.1, -0.05) is 0 Å². The van der Waals surface area contributed by atoms with Crippen LogP contribution in [-0.4, -0.2) is 33.4 Å². The Bertz CT molecular complexity index is 19.7. The number of hydrogen-bond acceptors (Lipinski definition) is 3. The van der Waals surface area contributed by atoms with Crippen LogP contribution in [0.25, 0.3) is 0 Å². The van der Waals surface area contributed by atoms with Gasteiger partial charge in [-0.2, -0.15) is 0 Å². The maximum absolute atomic E-state index is 7.17. The maximum atomic E-state index is 7.17. The van der Waals surface area contributed by atoms with Gasteiger partial charge in [-0.25, -0.2) is 0 Å². The van der Waals surface area contributed by atoms with E-state index in [1.807, 2.05) is 0 Å². The van der Waals surface area contributed by atoms with E-state index in [9.17, 15) is 0 Å². The molecule has 0 aliphatic rings. The Balaban J connectivity index is -0.0000000150. The third-order valence-corrected chi connectivity index (χ3v) is 0. The summed E-state index contributed by atoms with van der Waals surface area (Å²) in [5, 5.41) is 21.5. The molecule has 0 rings (SSSR count). The van der Waals surface area contributed by atoms with Crippen molar-refractivity contribution in [2.24, 2.45) is 0 Å². The molecule has 34 valence electrons. The van der Waals surface area contributed by atoms with Gasteiger partial charge < -0.3 is 16.5 Å². The molecule has 6 heteroatoms. The Morgan fingerprint density at radius 1 is 1.17 bits per heavy atom. The van der Waals surface area contributed by atoms with E-state index in [-0.39, 0.29) is 31.3 Å². The molecular weight excluding hydrogens is 93.8 g/mol. The van der Waals surface area contributed by atoms with Gasteiger partial charge in [0.15, 0.2) is 0 Å². The van der Waals surface area contributed by atoms with Crippen LogP contribution in [-0.2, 0) is 0 Å². The summed E-state index contributed by atoms with van der Waals surface area (Å²) < 4.78 is 0. The number of hydrogen-bond donors (Lipinski definition) is 3. The zero-order valence-corrected chi connectivity index (χ0v) is 2.92. The van der Waals surface area contributed by atoms with Gasteiger partial charge in [-0.05, 0) is 11.0 Å². The summed E-state index contributed by atoms with van der Waals surface area (Å²) >= 11 is 0. The van der Waals surface area contributed by atoms with Gasteiger partial charge in [0.1, 0.15) is 0 Å². The fraction of sp³-hybridized carbons (Fsp3) is 0. The second-order valence-electron chi connectivity index (χ2n) is 0.346. The van der Waals surface area contributed by atoms with Crippen LogP contribution < -0.4 is 18.9 Å². The van der Waals surface area contributed by atoms with Crippen LogP contribution in [0.5, 0.6) is 0 Å². The van der Waals surface area contributed by atoms with Gasteiger partial charge in [-0.15, -0.1) is 0 Å². The molecule has 0 atom stereocenters. The standard InChI is InChI=1S/BH3O3.Li.H4Si.H/c2-1(3)4;;;/h2-4H;;1H4;/q;+1;;-1. The molecule has 0 aliphatic heterocycles. The summed E-state index contributed by atoms with van der Waals surface area (Å²) in [7, 11) is -2.17. The zero-order chi connectivity index (χ0) is 3.58. The van der Waals surface area contributed by atoms with Gasteiger partial charge in [0.05, 0.1) is 0 Å². The fourth-order valence-electron chi connectivity index (χ4n) is 0. The molecule has 6 heavy (non-hydrogen) atoms. The van der Waals surface area contributed by atoms with Crippen LogP contribution in [0.15, 0.2) is 0 Å². The predicted octanol–water partition coefficient (Wildman–Crippen LogP) is -6.39. The Kier molecular flexibility index (Phi) is 24.4. The van der Waals surface area contributed by atoms with Crippen LogP contribution in [0.1, 0.15) is 1.43 Å². The third-order valence-electron chi connectivity index (χ3n) is 0. The molecule has 0 saturated carbocycles. The minimum atomic E-state index is -2.17. The molecule has 0 fully saturated rings. The second kappa shape index (κ2) is 9.23. The summed E-state index contributed by atoms with van der Waals surface area (Å²) in [6.07, 6.45) is 0. The van der Waals surface area contributed by atoms with Crippen molar-refractivity contribution in [1.82, 2.24) is 0 Å². The van der Waals surface area contributed by atoms with E-state index in [1.165, 1.54) is 0 Å². The van der Waals surface area contributed by atoms with Crippen molar-refractivity contribution in [2.75, 3.05) is 0 Å². The van der Waals surface area contributed by atoms with Gasteiger partial charge in [0.25, 0.3) is 0 Å². The molecule has 0 unspecified atom stereocenters. The molecule has 3 nitrogen and oxygen atoms in total. The minimum Gasteiger partial charge on any atom is -1.00 e. The summed E-state index contributed by atoms with van der Waals surface area (Å²) in [4.78, 5) is 0. The molecule has 0 aromatic heterocycles. The predicted molar refractivity (Wildman–Crippen MR) is 24.9 cm³/mol. The zero-order valence-electron chi connectivity index (χ0n) is 3.92. The molecule has 3 N–H and O–H groups in total. The molecule has 0 aromatic rings. The van der Waals surface area contributed by atoms with Gasteiger partial charge in [0.2, 0.25) is 0 Å². The van der Waals surface area contributed by atoms with E-state index >= 15 is 0 Å². The first-order chi connectivity index (χ1) is 1.73. The SMILES string of the molecule is OB(O)O.[H-].[Li+].[SiH4]. The molecular formula is H8BLiO3Si. The van der Waals surface area contributed by atoms with E-state index < -0.39 is 7.32 Å². The normalized spacial score (nSPS) is 4.50. The Hall–Kier alpha value is 0.759. The second-order valence-corrected chi connectivity index (χ2v) is 0.346. The van der Waals surface area contributed by atoms with Crippen molar-refractivity contribution < 1.29 is 35.4 Å². The van der Waals surface area contributed by atoms with E-state index in [4.69, 9.17) is 15.1 Å². The molecule has 0 radical (unpaired) electrons. The monoisotopic (exact) mass is 102 g/mol. The average Bonchev–Trinajstić information content (AvgIpc) is 0.811. The Morgan fingerprint density at radius 3 is 1.17 bits per heavy atom. The van der Waals surface area contributed by atoms with E-state index in [0.717, 1.165) is 0 Å². The van der Waals surface area contributed by atoms with Gasteiger partial charge in [0, 0.05) is 0 Å². The van der Waals surface area contributed by atoms with Crippen LogP contribution >= 0.6 is 0 Å². The quantitative estimate of drug-likeness (QED) is 0.266. The van der Waals surface area contributed by atoms with Crippen molar-refractivity contribution in [1.29, 1.82) is 0 Å². The summed E-state index contributed by atoms with van der Waals surface area (Å²) in [6, 6.07) is 0. The first-order valence-corrected chi connectivity index (χ1v) is 0.775. The Labute approximate surface area is 54.2 Å². The average molecular weight is 102 g/mol. The van der Waals surface area contributed by atoms with Gasteiger partial charge in [-0.3, -0.25) is 0 Å². The Morgan fingerprint density at radius 2 is 1.17 bits per heavy atom. The molecule has 0 aromatic carbocycles. The third kappa shape index (κ3) is 117. The summed E-state index contributed by atoms with van der Waals surface area (Å²) in [6.45, 7) is 0. The van der Waals surface area contributed by atoms with Crippen molar-refractivity contribution in [3.8, 4) is 0 Å². The largest absolute Gasteiger partial charge is 1.00 e. The van der Waals surface area contributed by atoms with Crippen LogP contribution in [0.3, 0.4) is 0 Å². The fourth-order valence-corrected chi connectivity index (χ4v) is 0. The summed E-state index contributed by atoms with van der Waals surface area (Å²) in [5.41, 5.74) is 0. The minimum absolute atomic E-state index is 0. The topological polar surface area (TPSA) is 60.7 Å². The first kappa shape index (κ1) is 15.9. The maximum Gasteiger partial charge on any atom is 1.00 e. The van der Waals surface area contributed by atoms with Crippen LogP contribution in [0.2, 0.25) is 0 Å². The molecule has 0 aliphatic carbocycles. The molecule has 0 heterocycles. The van der Waals surface area contributed by atoms with E-state index in [0.29, 0.717) is 0 Å².